The zero-order valence-electron chi connectivity index (χ0n) is 28.9. The van der Waals surface area contributed by atoms with Crippen molar-refractivity contribution in [2.75, 3.05) is 46.6 Å². The average molecular weight is 685 g/mol. The molecule has 5 rings (SSSR count). The van der Waals surface area contributed by atoms with E-state index < -0.39 is 35.5 Å². The fourth-order valence-corrected chi connectivity index (χ4v) is 6.01. The van der Waals surface area contributed by atoms with Crippen LogP contribution in [0.3, 0.4) is 0 Å². The zero-order chi connectivity index (χ0) is 35.3. The lowest BCUT2D eigenvalue weighted by Gasteiger charge is -2.26. The number of hydrogen-bond acceptors (Lipinski definition) is 8. The molecule has 11 heteroatoms. The molecule has 2 fully saturated rings. The highest BCUT2D eigenvalue weighted by molar-refractivity contribution is 5.98. The second kappa shape index (κ2) is 18.0. The van der Waals surface area contributed by atoms with Crippen LogP contribution in [0.2, 0.25) is 0 Å². The maximum absolute atomic E-state index is 13.8. The highest BCUT2D eigenvalue weighted by Gasteiger charge is 2.50. The molecule has 266 valence electrons. The highest BCUT2D eigenvalue weighted by atomic mass is 16.6. The van der Waals surface area contributed by atoms with Crippen molar-refractivity contribution in [3.8, 4) is 0 Å². The highest BCUT2D eigenvalue weighted by Crippen LogP contribution is 2.29. The van der Waals surface area contributed by atoms with E-state index in [9.17, 15) is 19.2 Å². The normalized spacial score (nSPS) is 19.1. The SMILES string of the molecule is COC[C@H](NC(=O)[C@H](CCc1ccccc1)NC(=O)Cc1ccc(CN2CCOCC2)cc1)C(=O)N[C@@H](Cc1ccccc1)C(=O)[C@@]1(C)CO1. The number of amides is 3. The van der Waals surface area contributed by atoms with E-state index in [2.05, 4.69) is 20.9 Å². The van der Waals surface area contributed by atoms with Crippen molar-refractivity contribution in [1.82, 2.24) is 20.9 Å². The number of hydrogen-bond donors (Lipinski definition) is 3. The summed E-state index contributed by atoms with van der Waals surface area (Å²) in [7, 11) is 1.43. The van der Waals surface area contributed by atoms with Crippen LogP contribution in [0.15, 0.2) is 84.9 Å². The average Bonchev–Trinajstić information content (AvgIpc) is 3.89. The van der Waals surface area contributed by atoms with Crippen LogP contribution in [0.25, 0.3) is 0 Å². The summed E-state index contributed by atoms with van der Waals surface area (Å²) in [6.45, 7) is 5.93. The zero-order valence-corrected chi connectivity index (χ0v) is 28.9. The Morgan fingerprint density at radius 2 is 1.34 bits per heavy atom. The van der Waals surface area contributed by atoms with Gasteiger partial charge >= 0.3 is 0 Å². The molecule has 0 unspecified atom stereocenters. The number of nitrogens with zero attached hydrogens (tertiary/aromatic N) is 1. The van der Waals surface area contributed by atoms with Crippen LogP contribution in [0.1, 0.15) is 35.6 Å². The van der Waals surface area contributed by atoms with E-state index in [4.69, 9.17) is 14.2 Å². The van der Waals surface area contributed by atoms with E-state index >= 15 is 0 Å². The molecular weight excluding hydrogens is 636 g/mol. The fourth-order valence-electron chi connectivity index (χ4n) is 6.01. The quantitative estimate of drug-likeness (QED) is 0.174. The molecule has 4 atom stereocenters. The number of benzene rings is 3. The molecular formula is C39H48N4O7. The minimum atomic E-state index is -1.11. The molecule has 0 aliphatic carbocycles. The van der Waals surface area contributed by atoms with Crippen LogP contribution in [0, 0.1) is 0 Å². The summed E-state index contributed by atoms with van der Waals surface area (Å²) in [5, 5.41) is 8.53. The van der Waals surface area contributed by atoms with Crippen molar-refractivity contribution < 1.29 is 33.4 Å². The summed E-state index contributed by atoms with van der Waals surface area (Å²) in [5.74, 6) is -1.63. The molecule has 3 aromatic rings. The Labute approximate surface area is 294 Å². The van der Waals surface area contributed by atoms with Crippen molar-refractivity contribution in [1.29, 1.82) is 0 Å². The lowest BCUT2D eigenvalue weighted by atomic mass is 9.94. The molecule has 2 saturated heterocycles. The molecule has 0 spiro atoms. The number of carbonyl (C=O) groups is 4. The Bertz CT molecular complexity index is 1560. The number of nitrogens with one attached hydrogen (secondary N) is 3. The molecule has 3 N–H and O–H groups in total. The van der Waals surface area contributed by atoms with Gasteiger partial charge in [0, 0.05) is 26.7 Å². The smallest absolute Gasteiger partial charge is 0.245 e. The summed E-state index contributed by atoms with van der Waals surface area (Å²) < 4.78 is 16.1. The largest absolute Gasteiger partial charge is 0.382 e. The first-order valence-electron chi connectivity index (χ1n) is 17.3. The van der Waals surface area contributed by atoms with Gasteiger partial charge in [-0.3, -0.25) is 24.1 Å². The Balaban J connectivity index is 1.24. The van der Waals surface area contributed by atoms with E-state index in [-0.39, 0.29) is 37.7 Å². The van der Waals surface area contributed by atoms with Crippen LogP contribution in [0.4, 0.5) is 0 Å². The van der Waals surface area contributed by atoms with Crippen molar-refractivity contribution in [2.45, 2.75) is 62.9 Å². The van der Waals surface area contributed by atoms with E-state index in [1.165, 1.54) is 7.11 Å². The van der Waals surface area contributed by atoms with Crippen LogP contribution < -0.4 is 16.0 Å². The summed E-state index contributed by atoms with van der Waals surface area (Å²) in [6.07, 6.45) is 1.20. The van der Waals surface area contributed by atoms with Crippen LogP contribution in [-0.2, 0) is 59.2 Å². The van der Waals surface area contributed by atoms with Gasteiger partial charge in [0.05, 0.1) is 38.9 Å². The van der Waals surface area contributed by atoms with E-state index in [0.717, 1.165) is 55.1 Å². The number of ketones is 1. The van der Waals surface area contributed by atoms with Gasteiger partial charge in [0.15, 0.2) is 5.78 Å². The van der Waals surface area contributed by atoms with Crippen molar-refractivity contribution in [2.24, 2.45) is 0 Å². The first-order chi connectivity index (χ1) is 24.2. The molecule has 2 aliphatic heterocycles. The first kappa shape index (κ1) is 36.9. The Morgan fingerprint density at radius 1 is 0.760 bits per heavy atom. The van der Waals surface area contributed by atoms with Gasteiger partial charge in [-0.05, 0) is 48.4 Å². The predicted octanol–water partition coefficient (Wildman–Crippen LogP) is 2.40. The van der Waals surface area contributed by atoms with E-state index in [0.29, 0.717) is 12.8 Å². The van der Waals surface area contributed by atoms with Crippen molar-refractivity contribution >= 4 is 23.5 Å². The van der Waals surface area contributed by atoms with Crippen molar-refractivity contribution in [3.63, 3.8) is 0 Å². The number of morpholine rings is 1. The second-order valence-electron chi connectivity index (χ2n) is 13.2. The van der Waals surface area contributed by atoms with Crippen LogP contribution >= 0.6 is 0 Å². The summed E-state index contributed by atoms with van der Waals surface area (Å²) in [6, 6.07) is 24.1. The molecule has 0 bridgehead atoms. The summed E-state index contributed by atoms with van der Waals surface area (Å²) in [4.78, 5) is 56.5. The van der Waals surface area contributed by atoms with E-state index in [1.54, 1.807) is 6.92 Å². The minimum absolute atomic E-state index is 0.0963. The van der Waals surface area contributed by atoms with Gasteiger partial charge in [-0.2, -0.15) is 0 Å². The summed E-state index contributed by atoms with van der Waals surface area (Å²) in [5.41, 5.74) is 2.92. The number of ether oxygens (including phenoxy) is 3. The first-order valence-corrected chi connectivity index (χ1v) is 17.3. The molecule has 2 heterocycles. The van der Waals surface area contributed by atoms with Gasteiger partial charge in [0.1, 0.15) is 17.7 Å². The van der Waals surface area contributed by atoms with Gasteiger partial charge in [-0.1, -0.05) is 84.9 Å². The summed E-state index contributed by atoms with van der Waals surface area (Å²) >= 11 is 0. The Kier molecular flexibility index (Phi) is 13.3. The van der Waals surface area contributed by atoms with Gasteiger partial charge in [-0.25, -0.2) is 0 Å². The Morgan fingerprint density at radius 3 is 1.96 bits per heavy atom. The molecule has 50 heavy (non-hydrogen) atoms. The molecule has 0 aromatic heterocycles. The van der Waals surface area contributed by atoms with Gasteiger partial charge in [0.25, 0.3) is 0 Å². The van der Waals surface area contributed by atoms with Gasteiger partial charge in [-0.15, -0.1) is 0 Å². The number of rotatable bonds is 18. The molecule has 0 radical (unpaired) electrons. The third-order valence-electron chi connectivity index (χ3n) is 9.09. The van der Waals surface area contributed by atoms with Gasteiger partial charge < -0.3 is 30.2 Å². The number of Topliss-reactive ketones (excluding diaryl/α,β-unsaturated/α-hetero) is 1. The molecule has 3 aromatic carbocycles. The number of carbonyl (C=O) groups excluding carboxylic acids is 4. The van der Waals surface area contributed by atoms with Crippen LogP contribution in [0.5, 0.6) is 0 Å². The third-order valence-corrected chi connectivity index (χ3v) is 9.09. The topological polar surface area (TPSA) is 139 Å². The molecule has 2 aliphatic rings. The number of epoxide rings is 1. The monoisotopic (exact) mass is 684 g/mol. The lowest BCUT2D eigenvalue weighted by molar-refractivity contribution is -0.135. The Hall–Kier alpha value is -4.42. The fraction of sp³-hybridized carbons (Fsp3) is 0.436. The van der Waals surface area contributed by atoms with Crippen molar-refractivity contribution in [3.05, 3.63) is 107 Å². The molecule has 11 nitrogen and oxygen atoms in total. The maximum atomic E-state index is 13.8. The predicted molar refractivity (Wildman–Crippen MR) is 188 cm³/mol. The minimum Gasteiger partial charge on any atom is -0.382 e. The van der Waals surface area contributed by atoms with Gasteiger partial charge in [0.2, 0.25) is 17.7 Å². The van der Waals surface area contributed by atoms with E-state index in [1.807, 2.05) is 84.9 Å². The lowest BCUT2D eigenvalue weighted by Crippen LogP contribution is -2.58. The van der Waals surface area contributed by atoms with Crippen LogP contribution in [-0.4, -0.2) is 98.8 Å². The number of aryl methyl sites for hydroxylation is 1. The number of methoxy groups -OCH3 is 1. The molecule has 3 amide bonds. The standard InChI is InChI=1S/C39H48N4O7/c1-39(27-50-39)36(45)33(23-29-11-7-4-8-12-29)41-38(47)34(26-48-2)42-37(46)32(18-17-28-9-5-3-6-10-28)40-35(44)24-30-13-15-31(16-14-30)25-43-19-21-49-22-20-43/h3-16,32-34H,17-27H2,1-2H3,(H,40,44)(H,41,47)(H,42,46)/t32-,33-,34-,39+/m0/s1. The molecule has 0 saturated carbocycles. The second-order valence-corrected chi connectivity index (χ2v) is 13.2. The maximum Gasteiger partial charge on any atom is 0.245 e. The third kappa shape index (κ3) is 11.0.